The van der Waals surface area contributed by atoms with Crippen molar-refractivity contribution in [2.75, 3.05) is 41.2 Å². The number of halogens is 1. The fourth-order valence-corrected chi connectivity index (χ4v) is 6.64. The van der Waals surface area contributed by atoms with Crippen molar-refractivity contribution in [2.45, 2.75) is 13.8 Å². The number of nitrogens with zero attached hydrogens (tertiary/aromatic N) is 4. The molecule has 0 amide bonds. The minimum Gasteiger partial charge on any atom is -0.755 e. The van der Waals surface area contributed by atoms with Crippen molar-refractivity contribution in [3.05, 3.63) is 90.7 Å². The summed E-state index contributed by atoms with van der Waals surface area (Å²) in [5.41, 5.74) is 3.92. The van der Waals surface area contributed by atoms with Crippen molar-refractivity contribution >= 4 is 56.9 Å². The molecule has 12 nitrogen and oxygen atoms in total. The van der Waals surface area contributed by atoms with Crippen LogP contribution in [-0.4, -0.2) is 64.6 Å². The summed E-state index contributed by atoms with van der Waals surface area (Å²) in [6, 6.07) is 22.3. The second-order valence-corrected chi connectivity index (χ2v) is 12.7. The highest BCUT2D eigenvalue weighted by Crippen LogP contribution is 2.43. The predicted molar refractivity (Wildman–Crippen MR) is 195 cm³/mol. The number of methoxy groups -OCH3 is 2. The van der Waals surface area contributed by atoms with Crippen molar-refractivity contribution < 1.29 is 36.5 Å². The number of benzene rings is 4. The number of anilines is 3. The molecule has 5 rings (SSSR count). The summed E-state index contributed by atoms with van der Waals surface area (Å²) in [4.78, 5) is 5.05. The fraction of sp³-hybridized carbons (Fsp3) is 0.176. The minimum atomic E-state index is -2.50. The minimum absolute atomic E-state index is 0.110. The molecular formula is C34H32FN5O7S3-2. The largest absolute Gasteiger partial charge is 0.755 e. The van der Waals surface area contributed by atoms with E-state index in [4.69, 9.17) is 26.7 Å². The molecule has 2 atom stereocenters. The van der Waals surface area contributed by atoms with Gasteiger partial charge in [0.15, 0.2) is 16.6 Å². The second kappa shape index (κ2) is 15.8. The van der Waals surface area contributed by atoms with Gasteiger partial charge in [-0.15, -0.1) is 0 Å². The number of ether oxygens (including phenoxy) is 2. The van der Waals surface area contributed by atoms with Gasteiger partial charge in [-0.05, 0) is 86.7 Å². The van der Waals surface area contributed by atoms with Crippen molar-refractivity contribution in [1.29, 1.82) is 0 Å². The van der Waals surface area contributed by atoms with Crippen LogP contribution < -0.4 is 23.4 Å². The Hall–Kier alpha value is -4.87. The first-order valence-electron chi connectivity index (χ1n) is 15.1. The lowest BCUT2D eigenvalue weighted by molar-refractivity contribution is 0.340. The molecule has 0 spiro atoms. The van der Waals surface area contributed by atoms with E-state index in [9.17, 15) is 27.0 Å². The van der Waals surface area contributed by atoms with Gasteiger partial charge in [0.25, 0.3) is 0 Å². The Morgan fingerprint density at radius 2 is 1.32 bits per heavy atom. The van der Waals surface area contributed by atoms with Crippen LogP contribution in [0.25, 0.3) is 33.9 Å². The Bertz CT molecular complexity index is 2020. The van der Waals surface area contributed by atoms with Gasteiger partial charge in [-0.25, -0.2) is 9.37 Å². The average Bonchev–Trinajstić information content (AvgIpc) is 3.51. The molecular weight excluding hydrogens is 706 g/mol. The fourth-order valence-electron chi connectivity index (χ4n) is 5.33. The van der Waals surface area contributed by atoms with Gasteiger partial charge >= 0.3 is 0 Å². The summed E-state index contributed by atoms with van der Waals surface area (Å²) in [7, 11) is 2.79. The third-order valence-electron chi connectivity index (χ3n) is 7.71. The molecule has 0 aliphatic rings. The number of phenolic OH excluding ortho intramolecular Hbond substituents is 1. The zero-order valence-corrected chi connectivity index (χ0v) is 29.7. The molecule has 50 heavy (non-hydrogen) atoms. The normalized spacial score (nSPS) is 12.2. The summed E-state index contributed by atoms with van der Waals surface area (Å²) >= 11 is 0.996. The van der Waals surface area contributed by atoms with E-state index in [1.807, 2.05) is 0 Å². The van der Waals surface area contributed by atoms with Crippen LogP contribution in [0.3, 0.4) is 0 Å². The maximum absolute atomic E-state index is 13.8. The number of aromatic hydroxyl groups is 1. The van der Waals surface area contributed by atoms with Crippen LogP contribution >= 0.6 is 12.2 Å². The Labute approximate surface area is 298 Å². The van der Waals surface area contributed by atoms with E-state index in [0.717, 1.165) is 0 Å². The Balaban J connectivity index is 1.81. The van der Waals surface area contributed by atoms with E-state index in [1.54, 1.807) is 79.1 Å². The highest BCUT2D eigenvalue weighted by Gasteiger charge is 2.26. The molecule has 0 radical (unpaired) electrons. The number of phenols is 1. The molecule has 0 bridgehead atoms. The van der Waals surface area contributed by atoms with Gasteiger partial charge in [0, 0.05) is 69.4 Å². The Kier molecular flexibility index (Phi) is 11.5. The summed E-state index contributed by atoms with van der Waals surface area (Å²) < 4.78 is 76.1. The smallest absolute Gasteiger partial charge is 0.200 e. The summed E-state index contributed by atoms with van der Waals surface area (Å²) in [5.74, 6) is -0.131. The third-order valence-corrected chi connectivity index (χ3v) is 9.65. The van der Waals surface area contributed by atoms with Gasteiger partial charge in [-0.3, -0.25) is 13.0 Å². The predicted octanol–water partition coefficient (Wildman–Crippen LogP) is 6.23. The molecule has 0 fully saturated rings. The standard InChI is InChI=1S/C34H34FN5O7S3/c1-5-38(49(42)43)26-15-7-21(8-16-26)30-31(22-9-17-27(18-10-22)39(6-2)50(44)45)40(34(48)36-25-13-11-24(35)12-14-25)33(37-30)23-19-28(46-3)32(41)29(20-23)47-4/h7-20,41H,5-6H2,1-4H3,(H,36,48)(H,42,43)(H,44,45)/p-2. The maximum atomic E-state index is 13.8. The molecule has 0 saturated carbocycles. The molecule has 0 aliphatic carbocycles. The molecule has 0 saturated heterocycles. The quantitative estimate of drug-likeness (QED) is 0.111. The Morgan fingerprint density at radius 3 is 1.76 bits per heavy atom. The number of aromatic nitrogens is 2. The van der Waals surface area contributed by atoms with Gasteiger partial charge in [0.05, 0.1) is 25.6 Å². The van der Waals surface area contributed by atoms with Crippen LogP contribution in [0.2, 0.25) is 0 Å². The lowest BCUT2D eigenvalue weighted by atomic mass is 10.0. The summed E-state index contributed by atoms with van der Waals surface area (Å²) in [5, 5.41) is 14.0. The zero-order chi connectivity index (χ0) is 36.1. The van der Waals surface area contributed by atoms with Crippen LogP contribution in [-0.2, 0) is 22.5 Å². The third kappa shape index (κ3) is 7.49. The van der Waals surface area contributed by atoms with Crippen molar-refractivity contribution in [3.63, 3.8) is 0 Å². The van der Waals surface area contributed by atoms with E-state index in [1.165, 1.54) is 47.1 Å². The van der Waals surface area contributed by atoms with Crippen LogP contribution in [0.1, 0.15) is 13.8 Å². The first-order chi connectivity index (χ1) is 24.0. The van der Waals surface area contributed by atoms with Crippen LogP contribution in [0.4, 0.5) is 21.5 Å². The molecule has 2 N–H and O–H groups in total. The zero-order valence-electron chi connectivity index (χ0n) is 27.3. The average molecular weight is 738 g/mol. The number of hydrogen-bond acceptors (Lipinski definition) is 9. The first-order valence-corrected chi connectivity index (χ1v) is 17.6. The lowest BCUT2D eigenvalue weighted by Gasteiger charge is -2.25. The molecule has 2 unspecified atom stereocenters. The van der Waals surface area contributed by atoms with E-state index in [0.29, 0.717) is 51.0 Å². The van der Waals surface area contributed by atoms with Crippen LogP contribution in [0.15, 0.2) is 84.9 Å². The van der Waals surface area contributed by atoms with Crippen LogP contribution in [0.5, 0.6) is 17.2 Å². The van der Waals surface area contributed by atoms with E-state index in [-0.39, 0.29) is 35.5 Å². The molecule has 16 heteroatoms. The number of imidazole rings is 1. The van der Waals surface area contributed by atoms with Crippen molar-refractivity contribution in [3.8, 4) is 51.2 Å². The molecule has 4 aromatic carbocycles. The summed E-state index contributed by atoms with van der Waals surface area (Å²) in [6.45, 7) is 3.88. The highest BCUT2D eigenvalue weighted by atomic mass is 32.2. The number of hydrogen-bond donors (Lipinski definition) is 2. The highest BCUT2D eigenvalue weighted by molar-refractivity contribution is 7.81. The maximum Gasteiger partial charge on any atom is 0.200 e. The van der Waals surface area contributed by atoms with E-state index >= 15 is 0 Å². The Morgan fingerprint density at radius 1 is 0.840 bits per heavy atom. The van der Waals surface area contributed by atoms with E-state index in [2.05, 4.69) is 5.32 Å². The van der Waals surface area contributed by atoms with Gasteiger partial charge in [-0.1, -0.05) is 24.3 Å². The molecule has 262 valence electrons. The van der Waals surface area contributed by atoms with Gasteiger partial charge < -0.3 is 37.6 Å². The SMILES string of the molecule is CCN(c1ccc(-c2nc(-c3cc(OC)c(O)c(OC)c3)n(C(=S)Nc3ccc(F)cc3)c2-c2ccc(N(CC)S(=O)[O-])cc2)cc1)S(=O)[O-]. The first kappa shape index (κ1) is 36.4. The number of rotatable bonds is 12. The number of nitrogens with one attached hydrogen (secondary N) is 1. The van der Waals surface area contributed by atoms with Crippen molar-refractivity contribution in [1.82, 2.24) is 9.55 Å². The summed E-state index contributed by atoms with van der Waals surface area (Å²) in [6.07, 6.45) is 0. The monoisotopic (exact) mass is 737 g/mol. The molecule has 1 aromatic heterocycles. The number of thiocarbonyl (C=S) groups is 1. The molecule has 0 aliphatic heterocycles. The van der Waals surface area contributed by atoms with Crippen molar-refractivity contribution in [2.24, 2.45) is 0 Å². The van der Waals surface area contributed by atoms with E-state index < -0.39 is 28.4 Å². The lowest BCUT2D eigenvalue weighted by Crippen LogP contribution is -2.24. The molecule has 5 aromatic rings. The van der Waals surface area contributed by atoms with Gasteiger partial charge in [0.1, 0.15) is 11.6 Å². The topological polar surface area (TPSA) is 155 Å². The van der Waals surface area contributed by atoms with Crippen LogP contribution in [0, 0.1) is 5.82 Å². The van der Waals surface area contributed by atoms with Gasteiger partial charge in [-0.2, -0.15) is 0 Å². The second-order valence-electron chi connectivity index (χ2n) is 10.6. The molecule has 1 heterocycles. The van der Waals surface area contributed by atoms with Gasteiger partial charge in [0.2, 0.25) is 5.75 Å².